The van der Waals surface area contributed by atoms with Gasteiger partial charge < -0.3 is 15.2 Å². The van der Waals surface area contributed by atoms with Crippen LogP contribution < -0.4 is 5.32 Å². The molecule has 1 fully saturated rings. The van der Waals surface area contributed by atoms with E-state index in [1.807, 2.05) is 25.7 Å². The van der Waals surface area contributed by atoms with Crippen LogP contribution in [0, 0.1) is 0 Å². The Kier molecular flexibility index (Phi) is 3.93. The van der Waals surface area contributed by atoms with Gasteiger partial charge in [0.15, 0.2) is 0 Å². The molecule has 1 heterocycles. The number of carbonyl (C=O) groups excluding carboxylic acids is 1. The molecule has 0 radical (unpaired) electrons. The number of hydrogen-bond acceptors (Lipinski definition) is 4. The quantitative estimate of drug-likeness (QED) is 0.707. The minimum absolute atomic E-state index is 0.259. The highest BCUT2D eigenvalue weighted by atomic mass is 16.6. The molecule has 0 aromatic heterocycles. The largest absolute Gasteiger partial charge is 0.444 e. The van der Waals surface area contributed by atoms with Gasteiger partial charge in [0.1, 0.15) is 5.60 Å². The van der Waals surface area contributed by atoms with E-state index in [9.17, 15) is 9.90 Å². The normalized spacial score (nSPS) is 22.8. The fourth-order valence-electron chi connectivity index (χ4n) is 1.45. The summed E-state index contributed by atoms with van der Waals surface area (Å²) in [7, 11) is 0. The predicted molar refractivity (Wildman–Crippen MR) is 56.4 cm³/mol. The van der Waals surface area contributed by atoms with Gasteiger partial charge in [-0.15, -0.1) is 0 Å². The lowest BCUT2D eigenvalue weighted by atomic mass is 10.2. The lowest BCUT2D eigenvalue weighted by Crippen LogP contribution is -2.39. The fourth-order valence-corrected chi connectivity index (χ4v) is 1.45. The van der Waals surface area contributed by atoms with Crippen LogP contribution in [0.4, 0.5) is 4.79 Å². The molecule has 0 saturated carbocycles. The summed E-state index contributed by atoms with van der Waals surface area (Å²) in [6.07, 6.45) is 0.102. The van der Waals surface area contributed by atoms with Crippen molar-refractivity contribution in [2.24, 2.45) is 0 Å². The number of aliphatic hydroxyl groups is 1. The average Bonchev–Trinajstić information content (AvgIpc) is 2.45. The van der Waals surface area contributed by atoms with E-state index in [4.69, 9.17) is 4.74 Å². The van der Waals surface area contributed by atoms with Gasteiger partial charge in [0.2, 0.25) is 0 Å². The Labute approximate surface area is 90.4 Å². The lowest BCUT2D eigenvalue weighted by Gasteiger charge is -2.21. The van der Waals surface area contributed by atoms with Crippen molar-refractivity contribution in [2.75, 3.05) is 19.8 Å². The molecule has 0 spiro atoms. The summed E-state index contributed by atoms with van der Waals surface area (Å²) in [6.45, 7) is 7.35. The molecule has 15 heavy (non-hydrogen) atoms. The summed E-state index contributed by atoms with van der Waals surface area (Å²) in [5, 5.41) is 11.9. The van der Waals surface area contributed by atoms with Gasteiger partial charge in [-0.3, -0.25) is 4.90 Å². The number of β-amino-alcohol motifs (C(OH)–C–C–N with tert-alkyl or cyclic N) is 1. The van der Waals surface area contributed by atoms with Gasteiger partial charge in [-0.05, 0) is 27.2 Å². The molecule has 5 nitrogen and oxygen atoms in total. The Bertz CT molecular complexity index is 225. The number of aliphatic hydroxyl groups excluding tert-OH is 1. The van der Waals surface area contributed by atoms with Crippen LogP contribution in [0.15, 0.2) is 0 Å². The third kappa shape index (κ3) is 4.99. The zero-order valence-corrected chi connectivity index (χ0v) is 9.62. The first-order valence-electron chi connectivity index (χ1n) is 5.24. The summed E-state index contributed by atoms with van der Waals surface area (Å²) in [5.41, 5.74) is -0.464. The smallest absolute Gasteiger partial charge is 0.408 e. The highest BCUT2D eigenvalue weighted by Gasteiger charge is 2.21. The fraction of sp³-hybridized carbons (Fsp3) is 0.900. The average molecular weight is 216 g/mol. The Hall–Kier alpha value is -0.810. The van der Waals surface area contributed by atoms with Crippen LogP contribution >= 0.6 is 0 Å². The second-order valence-electron chi connectivity index (χ2n) is 4.86. The monoisotopic (exact) mass is 216 g/mol. The van der Waals surface area contributed by atoms with Crippen LogP contribution in [0.2, 0.25) is 0 Å². The number of amides is 1. The molecule has 1 aliphatic rings. The first-order valence-corrected chi connectivity index (χ1v) is 5.24. The molecule has 1 rings (SSSR count). The minimum Gasteiger partial charge on any atom is -0.444 e. The van der Waals surface area contributed by atoms with Crippen molar-refractivity contribution < 1.29 is 14.6 Å². The van der Waals surface area contributed by atoms with Crippen LogP contribution in [0.3, 0.4) is 0 Å². The van der Waals surface area contributed by atoms with E-state index in [0.29, 0.717) is 13.2 Å². The molecular formula is C10H20N2O3. The van der Waals surface area contributed by atoms with Gasteiger partial charge in [0.25, 0.3) is 0 Å². The number of likely N-dealkylation sites (tertiary alicyclic amines) is 1. The van der Waals surface area contributed by atoms with Crippen molar-refractivity contribution in [3.8, 4) is 0 Å². The van der Waals surface area contributed by atoms with Gasteiger partial charge in [-0.2, -0.15) is 0 Å². The van der Waals surface area contributed by atoms with Crippen LogP contribution in [0.25, 0.3) is 0 Å². The number of carbonyl (C=O) groups is 1. The molecule has 88 valence electrons. The Morgan fingerprint density at radius 2 is 2.27 bits per heavy atom. The maximum atomic E-state index is 11.3. The number of ether oxygens (including phenoxy) is 1. The van der Waals surface area contributed by atoms with E-state index in [1.54, 1.807) is 0 Å². The van der Waals surface area contributed by atoms with Crippen molar-refractivity contribution in [1.29, 1.82) is 0 Å². The first kappa shape index (κ1) is 12.3. The van der Waals surface area contributed by atoms with Crippen LogP contribution in [-0.2, 0) is 4.74 Å². The van der Waals surface area contributed by atoms with E-state index in [0.717, 1.165) is 13.0 Å². The topological polar surface area (TPSA) is 61.8 Å². The molecule has 0 aliphatic carbocycles. The molecule has 1 atom stereocenters. The second-order valence-corrected chi connectivity index (χ2v) is 4.86. The highest BCUT2D eigenvalue weighted by molar-refractivity contribution is 5.67. The predicted octanol–water partition coefficient (Wildman–Crippen LogP) is 0.535. The van der Waals surface area contributed by atoms with Crippen LogP contribution in [0.1, 0.15) is 27.2 Å². The van der Waals surface area contributed by atoms with E-state index < -0.39 is 11.7 Å². The molecule has 0 bridgehead atoms. The zero-order valence-electron chi connectivity index (χ0n) is 9.62. The van der Waals surface area contributed by atoms with Crippen LogP contribution in [-0.4, -0.2) is 47.6 Å². The number of nitrogens with one attached hydrogen (secondary N) is 1. The minimum atomic E-state index is -0.464. The highest BCUT2D eigenvalue weighted by Crippen LogP contribution is 2.08. The third-order valence-corrected chi connectivity index (χ3v) is 2.09. The Morgan fingerprint density at radius 1 is 1.60 bits per heavy atom. The maximum absolute atomic E-state index is 11.3. The molecule has 0 aromatic carbocycles. The van der Waals surface area contributed by atoms with Crippen molar-refractivity contribution >= 4 is 6.09 Å². The number of rotatable bonds is 2. The molecule has 2 N–H and O–H groups in total. The Balaban J connectivity index is 2.17. The summed E-state index contributed by atoms with van der Waals surface area (Å²) in [5.74, 6) is 0. The summed E-state index contributed by atoms with van der Waals surface area (Å²) in [6, 6.07) is 0. The van der Waals surface area contributed by atoms with Gasteiger partial charge in [-0.25, -0.2) is 4.79 Å². The molecule has 1 aliphatic heterocycles. The number of alkyl carbamates (subject to hydrolysis) is 1. The molecular weight excluding hydrogens is 196 g/mol. The molecule has 5 heteroatoms. The van der Waals surface area contributed by atoms with Crippen molar-refractivity contribution in [3.05, 3.63) is 0 Å². The third-order valence-electron chi connectivity index (χ3n) is 2.09. The lowest BCUT2D eigenvalue weighted by molar-refractivity contribution is 0.0493. The summed E-state index contributed by atoms with van der Waals surface area (Å²) < 4.78 is 5.09. The van der Waals surface area contributed by atoms with Gasteiger partial charge in [0.05, 0.1) is 12.8 Å². The van der Waals surface area contributed by atoms with E-state index >= 15 is 0 Å². The molecule has 1 saturated heterocycles. The first-order chi connectivity index (χ1) is 6.87. The van der Waals surface area contributed by atoms with Crippen molar-refractivity contribution in [3.63, 3.8) is 0 Å². The Morgan fingerprint density at radius 3 is 2.73 bits per heavy atom. The summed E-state index contributed by atoms with van der Waals surface area (Å²) >= 11 is 0. The van der Waals surface area contributed by atoms with Gasteiger partial charge >= 0.3 is 6.09 Å². The number of nitrogens with zero attached hydrogens (tertiary/aromatic N) is 1. The van der Waals surface area contributed by atoms with Crippen LogP contribution in [0.5, 0.6) is 0 Å². The SMILES string of the molecule is CC(C)(C)OC(=O)NCN1CCC(O)C1. The summed E-state index contributed by atoms with van der Waals surface area (Å²) in [4.78, 5) is 13.3. The standard InChI is InChI=1S/C10H20N2O3/c1-10(2,3)15-9(14)11-7-12-5-4-8(13)6-12/h8,13H,4-7H2,1-3H3,(H,11,14). The van der Waals surface area contributed by atoms with E-state index in [1.165, 1.54) is 0 Å². The second kappa shape index (κ2) is 4.81. The van der Waals surface area contributed by atoms with Crippen molar-refractivity contribution in [2.45, 2.75) is 38.9 Å². The molecule has 0 aromatic rings. The van der Waals surface area contributed by atoms with Gasteiger partial charge in [0, 0.05) is 13.1 Å². The maximum Gasteiger partial charge on any atom is 0.408 e. The van der Waals surface area contributed by atoms with Gasteiger partial charge in [-0.1, -0.05) is 0 Å². The molecule has 1 unspecified atom stereocenters. The zero-order chi connectivity index (χ0) is 11.5. The van der Waals surface area contributed by atoms with E-state index in [-0.39, 0.29) is 6.10 Å². The van der Waals surface area contributed by atoms with Crippen molar-refractivity contribution in [1.82, 2.24) is 10.2 Å². The molecule has 1 amide bonds. The van der Waals surface area contributed by atoms with E-state index in [2.05, 4.69) is 5.32 Å². The number of hydrogen-bond donors (Lipinski definition) is 2.